The molecule has 3 atom stereocenters. The van der Waals surface area contributed by atoms with Crippen LogP contribution in [0.25, 0.3) is 21.8 Å². The van der Waals surface area contributed by atoms with Crippen LogP contribution < -0.4 is 0 Å². The first-order valence-electron chi connectivity index (χ1n) is 25.2. The van der Waals surface area contributed by atoms with Gasteiger partial charge in [0.15, 0.2) is 0 Å². The predicted octanol–water partition coefficient (Wildman–Crippen LogP) is 8.81. The van der Waals surface area contributed by atoms with E-state index in [4.69, 9.17) is 14.6 Å². The number of carboxylic acids is 1. The molecule has 2 aliphatic carbocycles. The Kier molecular flexibility index (Phi) is 15.6. The Balaban J connectivity index is 0.972. The van der Waals surface area contributed by atoms with E-state index in [0.29, 0.717) is 68.5 Å². The molecular weight excluding hydrogens is 876 g/mol. The highest BCUT2D eigenvalue weighted by Crippen LogP contribution is 2.44. The molecule has 370 valence electrons. The van der Waals surface area contributed by atoms with E-state index in [1.807, 2.05) is 31.2 Å². The molecule has 2 saturated heterocycles. The fourth-order valence-corrected chi connectivity index (χ4v) is 12.4. The van der Waals surface area contributed by atoms with Crippen LogP contribution in [-0.2, 0) is 57.8 Å². The lowest BCUT2D eigenvalue weighted by Gasteiger charge is -2.41. The van der Waals surface area contributed by atoms with Crippen LogP contribution in [0, 0.1) is 29.6 Å². The summed E-state index contributed by atoms with van der Waals surface area (Å²) in [5.41, 5.74) is 7.99. The summed E-state index contributed by atoms with van der Waals surface area (Å²) < 4.78 is 59.2. The Morgan fingerprint density at radius 1 is 0.691 bits per heavy atom. The third-order valence-electron chi connectivity index (χ3n) is 15.9. The summed E-state index contributed by atoms with van der Waals surface area (Å²) in [5.74, 6) is -0.696. The number of rotatable bonds is 17. The standard InChI is InChI=1S/C53H70F3N5O7/c1-5-60-45-14-11-36(34-17-23-67-24-18-34)27-41(45)42-28-37(12-15-46(42)60)51(65)57(3)21-7-9-49(62)59(33-53(54,55)56)32-39-30-48-44(31-40(39)35-19-25-68-26-20-35)43-29-38(13-16-47(43)61(48)6-2)52(66)58(4)22-8-10-50(63)64/h12-13,15-16,28-29,34-36,39-40H,5-11,14,17-27,30-33H2,1-4H3,(H,63,64). The minimum absolute atomic E-state index is 0.0161. The number of hydrogen-bond donors (Lipinski definition) is 1. The van der Waals surface area contributed by atoms with E-state index in [-0.39, 0.29) is 61.9 Å². The van der Waals surface area contributed by atoms with Crippen LogP contribution in [0.4, 0.5) is 13.2 Å². The normalized spacial score (nSPS) is 20.3. The van der Waals surface area contributed by atoms with E-state index < -0.39 is 24.6 Å². The molecule has 4 aliphatic rings. The van der Waals surface area contributed by atoms with Gasteiger partial charge in [0.25, 0.3) is 11.8 Å². The van der Waals surface area contributed by atoms with Gasteiger partial charge in [-0.05, 0) is 162 Å². The van der Waals surface area contributed by atoms with Crippen LogP contribution >= 0.6 is 0 Å². The van der Waals surface area contributed by atoms with Crippen molar-refractivity contribution in [1.82, 2.24) is 23.8 Å². The number of aryl methyl sites for hydroxylation is 2. The van der Waals surface area contributed by atoms with E-state index in [1.165, 1.54) is 16.2 Å². The smallest absolute Gasteiger partial charge is 0.406 e. The van der Waals surface area contributed by atoms with Gasteiger partial charge in [0.05, 0.1) is 0 Å². The maximum Gasteiger partial charge on any atom is 0.406 e. The van der Waals surface area contributed by atoms with Crippen LogP contribution in [0.15, 0.2) is 36.4 Å². The van der Waals surface area contributed by atoms with Gasteiger partial charge in [-0.25, -0.2) is 0 Å². The highest BCUT2D eigenvalue weighted by Gasteiger charge is 2.41. The van der Waals surface area contributed by atoms with Crippen molar-refractivity contribution in [3.05, 3.63) is 70.0 Å². The van der Waals surface area contributed by atoms with Crippen molar-refractivity contribution in [3.8, 4) is 0 Å². The van der Waals surface area contributed by atoms with Gasteiger partial charge >= 0.3 is 12.1 Å². The van der Waals surface area contributed by atoms with Gasteiger partial charge in [0, 0.05) is 130 Å². The summed E-state index contributed by atoms with van der Waals surface area (Å²) in [6.07, 6.45) is 3.82. The Bertz CT molecular complexity index is 2470. The number of amides is 3. The second kappa shape index (κ2) is 21.4. The molecule has 8 rings (SSSR count). The number of aromatic nitrogens is 2. The molecular formula is C53H70F3N5O7. The molecule has 12 nitrogen and oxygen atoms in total. The number of carboxylic acid groups (broad SMARTS) is 1. The summed E-state index contributed by atoms with van der Waals surface area (Å²) in [4.78, 5) is 56.8. The minimum atomic E-state index is -4.60. The third kappa shape index (κ3) is 10.8. The molecule has 68 heavy (non-hydrogen) atoms. The molecule has 2 aromatic carbocycles. The zero-order chi connectivity index (χ0) is 48.3. The SMILES string of the molecule is CCn1c2c(c3cc(C(=O)N(C)CCCC(=O)N(CC4Cc5c(c6cc(C(=O)N(C)CCCC(=O)O)ccc6n5CC)CC4C4CCOCC4)CC(F)(F)F)ccc31)CC(C1CCOCC1)CC2. The number of aliphatic carboxylic acids is 1. The summed E-state index contributed by atoms with van der Waals surface area (Å²) in [6, 6.07) is 11.6. The summed E-state index contributed by atoms with van der Waals surface area (Å²) in [5, 5.41) is 11.2. The molecule has 2 aliphatic heterocycles. The quantitative estimate of drug-likeness (QED) is 0.112. The van der Waals surface area contributed by atoms with Crippen LogP contribution in [-0.4, -0.2) is 126 Å². The van der Waals surface area contributed by atoms with E-state index in [2.05, 4.69) is 22.1 Å². The van der Waals surface area contributed by atoms with Gasteiger partial charge in [0.2, 0.25) is 5.91 Å². The minimum Gasteiger partial charge on any atom is -0.481 e. The Morgan fingerprint density at radius 3 is 1.76 bits per heavy atom. The maximum absolute atomic E-state index is 14.4. The highest BCUT2D eigenvalue weighted by atomic mass is 19.4. The molecule has 0 bridgehead atoms. The molecule has 3 unspecified atom stereocenters. The summed E-state index contributed by atoms with van der Waals surface area (Å²) in [7, 11) is 3.36. The number of hydrogen-bond acceptors (Lipinski definition) is 6. The predicted molar refractivity (Wildman–Crippen MR) is 255 cm³/mol. The average molecular weight is 946 g/mol. The van der Waals surface area contributed by atoms with Gasteiger partial charge in [-0.3, -0.25) is 19.2 Å². The third-order valence-corrected chi connectivity index (χ3v) is 15.9. The van der Waals surface area contributed by atoms with Gasteiger partial charge in [-0.2, -0.15) is 13.2 Å². The summed E-state index contributed by atoms with van der Waals surface area (Å²) in [6.45, 7) is 7.59. The van der Waals surface area contributed by atoms with E-state index >= 15 is 0 Å². The first-order chi connectivity index (χ1) is 32.6. The largest absolute Gasteiger partial charge is 0.481 e. The van der Waals surface area contributed by atoms with Crippen molar-refractivity contribution in [2.45, 2.75) is 117 Å². The molecule has 0 radical (unpaired) electrons. The Morgan fingerprint density at radius 2 is 1.22 bits per heavy atom. The van der Waals surface area contributed by atoms with Crippen molar-refractivity contribution >= 4 is 45.5 Å². The number of nitrogens with zero attached hydrogens (tertiary/aromatic N) is 5. The molecule has 2 fully saturated rings. The number of benzene rings is 2. The number of carbonyl (C=O) groups excluding carboxylic acids is 3. The monoisotopic (exact) mass is 946 g/mol. The molecule has 4 aromatic rings. The number of halogens is 3. The summed E-state index contributed by atoms with van der Waals surface area (Å²) >= 11 is 0. The average Bonchev–Trinajstić information content (AvgIpc) is 3.82. The van der Waals surface area contributed by atoms with Crippen molar-refractivity contribution in [2.24, 2.45) is 29.6 Å². The first kappa shape index (κ1) is 49.5. The zero-order valence-corrected chi connectivity index (χ0v) is 40.4. The fraction of sp³-hybridized carbons (Fsp3) is 0.623. The molecule has 0 saturated carbocycles. The Labute approximate surface area is 398 Å². The topological polar surface area (TPSA) is 127 Å². The highest BCUT2D eigenvalue weighted by molar-refractivity contribution is 6.00. The van der Waals surface area contributed by atoms with Gasteiger partial charge in [0.1, 0.15) is 6.54 Å². The molecule has 3 amide bonds. The second-order valence-corrected chi connectivity index (χ2v) is 20.0. The van der Waals surface area contributed by atoms with E-state index in [1.54, 1.807) is 25.1 Å². The van der Waals surface area contributed by atoms with Crippen LogP contribution in [0.5, 0.6) is 0 Å². The molecule has 0 spiro atoms. The molecule has 4 heterocycles. The fourth-order valence-electron chi connectivity index (χ4n) is 12.4. The van der Waals surface area contributed by atoms with Gasteiger partial charge in [-0.1, -0.05) is 0 Å². The van der Waals surface area contributed by atoms with Crippen LogP contribution in [0.2, 0.25) is 0 Å². The number of carbonyl (C=O) groups is 4. The lowest BCUT2D eigenvalue weighted by atomic mass is 9.69. The maximum atomic E-state index is 14.4. The number of ether oxygens (including phenoxy) is 2. The van der Waals surface area contributed by atoms with Crippen LogP contribution in [0.1, 0.15) is 115 Å². The van der Waals surface area contributed by atoms with Crippen molar-refractivity contribution in [2.75, 3.05) is 66.7 Å². The Hall–Kier alpha value is -4.89. The first-order valence-corrected chi connectivity index (χ1v) is 25.2. The molecule has 2 aromatic heterocycles. The lowest BCUT2D eigenvalue weighted by Crippen LogP contribution is -2.46. The van der Waals surface area contributed by atoms with Crippen LogP contribution in [0.3, 0.4) is 0 Å². The molecule has 15 heteroatoms. The second-order valence-electron chi connectivity index (χ2n) is 20.0. The number of fused-ring (bicyclic) bond motifs is 6. The van der Waals surface area contributed by atoms with E-state index in [9.17, 15) is 32.3 Å². The lowest BCUT2D eigenvalue weighted by molar-refractivity contribution is -0.163. The number of alkyl halides is 3. The zero-order valence-electron chi connectivity index (χ0n) is 40.4. The van der Waals surface area contributed by atoms with Crippen molar-refractivity contribution < 1.29 is 46.9 Å². The van der Waals surface area contributed by atoms with Gasteiger partial charge in [-0.15, -0.1) is 0 Å². The molecule has 1 N–H and O–H groups in total. The van der Waals surface area contributed by atoms with Gasteiger partial charge < -0.3 is 38.4 Å². The van der Waals surface area contributed by atoms with Crippen molar-refractivity contribution in [3.63, 3.8) is 0 Å². The van der Waals surface area contributed by atoms with Crippen molar-refractivity contribution in [1.29, 1.82) is 0 Å². The van der Waals surface area contributed by atoms with E-state index in [0.717, 1.165) is 103 Å².